The van der Waals surface area contributed by atoms with Crippen LogP contribution in [0.4, 0.5) is 5.82 Å². The van der Waals surface area contributed by atoms with Crippen LogP contribution in [0.1, 0.15) is 38.4 Å². The van der Waals surface area contributed by atoms with Gasteiger partial charge in [-0.05, 0) is 57.0 Å². The zero-order chi connectivity index (χ0) is 18.4. The molecular weight excluding hydrogens is 320 g/mol. The molecule has 132 valence electrons. The predicted octanol–water partition coefficient (Wildman–Crippen LogP) is 4.85. The minimum absolute atomic E-state index is 0.340. The second kappa shape index (κ2) is 6.20. The molecule has 0 amide bonds. The Morgan fingerprint density at radius 3 is 2.62 bits per heavy atom. The van der Waals surface area contributed by atoms with Crippen LogP contribution in [0, 0.1) is 6.92 Å². The van der Waals surface area contributed by atoms with Crippen molar-refractivity contribution in [2.45, 2.75) is 40.2 Å². The fourth-order valence-electron chi connectivity index (χ4n) is 3.40. The molecule has 1 aromatic heterocycles. The molecule has 0 spiro atoms. The first-order chi connectivity index (χ1) is 12.4. The van der Waals surface area contributed by atoms with Gasteiger partial charge < -0.3 is 4.90 Å². The van der Waals surface area contributed by atoms with Crippen molar-refractivity contribution in [1.82, 2.24) is 9.97 Å². The lowest BCUT2D eigenvalue weighted by atomic mass is 9.95. The van der Waals surface area contributed by atoms with Crippen molar-refractivity contribution in [2.24, 2.45) is 4.99 Å². The number of fused-ring (bicyclic) bond motifs is 2. The number of hydrogen-bond acceptors (Lipinski definition) is 4. The highest BCUT2D eigenvalue weighted by molar-refractivity contribution is 6.10. The first kappa shape index (κ1) is 16.7. The van der Waals surface area contributed by atoms with Gasteiger partial charge in [0.15, 0.2) is 5.82 Å². The van der Waals surface area contributed by atoms with Crippen LogP contribution >= 0.6 is 0 Å². The van der Waals surface area contributed by atoms with E-state index in [1.165, 1.54) is 5.57 Å². The molecule has 0 radical (unpaired) electrons. The highest BCUT2D eigenvalue weighted by Gasteiger charge is 2.22. The van der Waals surface area contributed by atoms with Crippen LogP contribution in [-0.4, -0.2) is 28.8 Å². The van der Waals surface area contributed by atoms with Gasteiger partial charge in [-0.15, -0.1) is 0 Å². The molecule has 2 aliphatic rings. The topological polar surface area (TPSA) is 41.4 Å². The molecule has 2 heterocycles. The number of aromatic nitrogens is 2. The standard InChI is InChI=1S/C22H24N4/c1-13(2)26(5)22-21(24-19-8-6-7-14(3)20(19)25-22)16-9-10-18-17(12-16)11-15(4)23-18/h6-9,11-13H,10H2,1-5H3. The van der Waals surface area contributed by atoms with Crippen molar-refractivity contribution in [3.05, 3.63) is 59.0 Å². The first-order valence-electron chi connectivity index (χ1n) is 9.12. The maximum Gasteiger partial charge on any atom is 0.155 e. The quantitative estimate of drug-likeness (QED) is 0.799. The fraction of sp³-hybridized carbons (Fsp3) is 0.318. The van der Waals surface area contributed by atoms with Gasteiger partial charge in [0.2, 0.25) is 0 Å². The maximum atomic E-state index is 5.02. The summed E-state index contributed by atoms with van der Waals surface area (Å²) in [6.45, 7) is 8.49. The molecule has 1 aliphatic carbocycles. The number of allylic oxidation sites excluding steroid dienone is 6. The molecule has 0 unspecified atom stereocenters. The first-order valence-corrected chi connectivity index (χ1v) is 9.12. The third-order valence-electron chi connectivity index (χ3n) is 5.10. The van der Waals surface area contributed by atoms with E-state index in [1.54, 1.807) is 0 Å². The number of anilines is 1. The number of benzene rings is 1. The largest absolute Gasteiger partial charge is 0.355 e. The zero-order valence-electron chi connectivity index (χ0n) is 16.0. The molecular formula is C22H24N4. The van der Waals surface area contributed by atoms with Crippen molar-refractivity contribution in [3.63, 3.8) is 0 Å². The van der Waals surface area contributed by atoms with E-state index in [2.05, 4.69) is 62.0 Å². The Bertz CT molecular complexity index is 1020. The predicted molar refractivity (Wildman–Crippen MR) is 110 cm³/mol. The Balaban J connectivity index is 1.91. The van der Waals surface area contributed by atoms with Crippen molar-refractivity contribution in [2.75, 3.05) is 11.9 Å². The molecule has 0 N–H and O–H groups in total. The summed E-state index contributed by atoms with van der Waals surface area (Å²) in [6.07, 6.45) is 7.40. The third kappa shape index (κ3) is 2.75. The van der Waals surface area contributed by atoms with E-state index in [4.69, 9.17) is 9.97 Å². The lowest BCUT2D eigenvalue weighted by molar-refractivity contribution is 0.741. The molecule has 0 saturated heterocycles. The Morgan fingerprint density at radius 1 is 1.04 bits per heavy atom. The van der Waals surface area contributed by atoms with Crippen LogP contribution in [-0.2, 0) is 0 Å². The van der Waals surface area contributed by atoms with Crippen LogP contribution in [0.5, 0.6) is 0 Å². The second-order valence-electron chi connectivity index (χ2n) is 7.35. The summed E-state index contributed by atoms with van der Waals surface area (Å²) >= 11 is 0. The van der Waals surface area contributed by atoms with Crippen LogP contribution in [0.3, 0.4) is 0 Å². The lowest BCUT2D eigenvalue weighted by Gasteiger charge is -2.26. The number of rotatable bonds is 3. The molecule has 26 heavy (non-hydrogen) atoms. The van der Waals surface area contributed by atoms with Crippen molar-refractivity contribution in [3.8, 4) is 0 Å². The molecule has 4 rings (SSSR count). The molecule has 0 bridgehead atoms. The van der Waals surface area contributed by atoms with Crippen LogP contribution in [0.15, 0.2) is 52.7 Å². The van der Waals surface area contributed by atoms with E-state index >= 15 is 0 Å². The monoisotopic (exact) mass is 344 g/mol. The van der Waals surface area contributed by atoms with Gasteiger partial charge in [-0.3, -0.25) is 4.99 Å². The van der Waals surface area contributed by atoms with E-state index in [0.29, 0.717) is 6.04 Å². The summed E-state index contributed by atoms with van der Waals surface area (Å²) in [4.78, 5) is 16.8. The zero-order valence-corrected chi connectivity index (χ0v) is 16.0. The van der Waals surface area contributed by atoms with Crippen LogP contribution in [0.25, 0.3) is 16.6 Å². The summed E-state index contributed by atoms with van der Waals surface area (Å²) in [6, 6.07) is 6.52. The maximum absolute atomic E-state index is 5.02. The van der Waals surface area contributed by atoms with Gasteiger partial charge in [0.25, 0.3) is 0 Å². The molecule has 2 aromatic rings. The summed E-state index contributed by atoms with van der Waals surface area (Å²) in [5.41, 5.74) is 8.56. The van der Waals surface area contributed by atoms with Gasteiger partial charge in [0.1, 0.15) is 5.69 Å². The molecule has 4 heteroatoms. The van der Waals surface area contributed by atoms with Gasteiger partial charge in [-0.1, -0.05) is 18.2 Å². The highest BCUT2D eigenvalue weighted by Crippen LogP contribution is 2.33. The number of hydrogen-bond donors (Lipinski definition) is 0. The van der Waals surface area contributed by atoms with Crippen molar-refractivity contribution >= 4 is 28.1 Å². The number of aliphatic imine (C=N–C) groups is 1. The molecule has 0 fully saturated rings. The Labute approximate surface area is 154 Å². The molecule has 0 saturated carbocycles. The van der Waals surface area contributed by atoms with E-state index in [1.807, 2.05) is 19.1 Å². The fourth-order valence-corrected chi connectivity index (χ4v) is 3.40. The third-order valence-corrected chi connectivity index (χ3v) is 5.10. The Kier molecular flexibility index (Phi) is 3.98. The SMILES string of the molecule is CC1=CC2=CC(c3nc4cccc(C)c4nc3N(C)C(C)C)=CCC2=N1. The van der Waals surface area contributed by atoms with Crippen molar-refractivity contribution < 1.29 is 0 Å². The minimum atomic E-state index is 0.340. The van der Waals surface area contributed by atoms with E-state index in [0.717, 1.165) is 51.5 Å². The minimum Gasteiger partial charge on any atom is -0.355 e. The second-order valence-corrected chi connectivity index (χ2v) is 7.35. The number of para-hydroxylation sites is 1. The number of nitrogens with zero attached hydrogens (tertiary/aromatic N) is 4. The molecule has 1 aliphatic heterocycles. The Morgan fingerprint density at radius 2 is 1.85 bits per heavy atom. The molecule has 4 nitrogen and oxygen atoms in total. The van der Waals surface area contributed by atoms with Gasteiger partial charge in [-0.2, -0.15) is 0 Å². The average Bonchev–Trinajstić information content (AvgIpc) is 2.99. The average molecular weight is 344 g/mol. The van der Waals surface area contributed by atoms with Crippen LogP contribution in [0.2, 0.25) is 0 Å². The highest BCUT2D eigenvalue weighted by atomic mass is 15.2. The normalized spacial score (nSPS) is 16.2. The summed E-state index contributed by atoms with van der Waals surface area (Å²) < 4.78 is 0. The van der Waals surface area contributed by atoms with E-state index in [-0.39, 0.29) is 0 Å². The van der Waals surface area contributed by atoms with E-state index in [9.17, 15) is 0 Å². The lowest BCUT2D eigenvalue weighted by Crippen LogP contribution is -2.28. The molecule has 0 atom stereocenters. The number of aryl methyl sites for hydroxylation is 1. The summed E-state index contributed by atoms with van der Waals surface area (Å²) in [5.74, 6) is 0.934. The summed E-state index contributed by atoms with van der Waals surface area (Å²) in [7, 11) is 2.09. The van der Waals surface area contributed by atoms with Crippen molar-refractivity contribution in [1.29, 1.82) is 0 Å². The van der Waals surface area contributed by atoms with Gasteiger partial charge in [-0.25, -0.2) is 9.97 Å². The molecule has 1 aromatic carbocycles. The van der Waals surface area contributed by atoms with Gasteiger partial charge >= 0.3 is 0 Å². The van der Waals surface area contributed by atoms with Crippen LogP contribution < -0.4 is 4.90 Å². The Hall–Kier alpha value is -2.75. The smallest absolute Gasteiger partial charge is 0.155 e. The van der Waals surface area contributed by atoms with Gasteiger partial charge in [0, 0.05) is 30.8 Å². The van der Waals surface area contributed by atoms with Gasteiger partial charge in [0.05, 0.1) is 16.7 Å². The van der Waals surface area contributed by atoms with E-state index < -0.39 is 0 Å². The summed E-state index contributed by atoms with van der Waals surface area (Å²) in [5, 5.41) is 0.